The van der Waals surface area contributed by atoms with Crippen LogP contribution in [0.5, 0.6) is 0 Å². The third-order valence-electron chi connectivity index (χ3n) is 5.51. The fraction of sp³-hybridized carbons (Fsp3) is 0.0714. The monoisotopic (exact) mass is 544 g/mol. The number of carbonyl (C=O) groups is 2. The molecule has 4 aromatic carbocycles. The van der Waals surface area contributed by atoms with Crippen molar-refractivity contribution >= 4 is 45.5 Å². The summed E-state index contributed by atoms with van der Waals surface area (Å²) in [5.41, 5.74) is 2.08. The first-order valence-corrected chi connectivity index (χ1v) is 12.2. The predicted octanol–water partition coefficient (Wildman–Crippen LogP) is -2.31. The minimum atomic E-state index is -2.02. The molecule has 0 fully saturated rings. The van der Waals surface area contributed by atoms with Crippen LogP contribution in [-0.2, 0) is 10.8 Å². The molecule has 0 aliphatic carbocycles. The molecule has 38 heavy (non-hydrogen) atoms. The molecular formula is C28H22N2Na2O5S. The van der Waals surface area contributed by atoms with Gasteiger partial charge in [-0.25, -0.2) is 4.21 Å². The van der Waals surface area contributed by atoms with Gasteiger partial charge in [0.15, 0.2) is 0 Å². The van der Waals surface area contributed by atoms with E-state index in [4.69, 9.17) is 0 Å². The molecule has 0 radical (unpaired) electrons. The summed E-state index contributed by atoms with van der Waals surface area (Å²) in [5.74, 6) is -3.17. The molecule has 182 valence electrons. The first kappa shape index (κ1) is 31.8. The molecule has 2 N–H and O–H groups in total. The Balaban J connectivity index is 0.00000253. The fourth-order valence-electron chi connectivity index (χ4n) is 3.66. The van der Waals surface area contributed by atoms with E-state index in [1.54, 1.807) is 54.6 Å². The summed E-state index contributed by atoms with van der Waals surface area (Å²) in [6.45, 7) is 3.81. The number of aryl methyl sites for hydroxylation is 2. The van der Waals surface area contributed by atoms with Crippen molar-refractivity contribution in [1.82, 2.24) is 0 Å². The zero-order valence-electron chi connectivity index (χ0n) is 21.5. The number of carbonyl (C=O) groups excluding carboxylic acids is 2. The van der Waals surface area contributed by atoms with E-state index in [-0.39, 0.29) is 80.9 Å². The molecule has 0 aliphatic heterocycles. The molecular weight excluding hydrogens is 522 g/mol. The zero-order valence-corrected chi connectivity index (χ0v) is 26.3. The SMILES string of the molecule is Cc1ccc(Nc2c(C(=O)[O-])cc(S(=O)c3ccccc3)c(C(=O)[O-])c2Nc2ccc(C)cc2)cc1.[Na+].[Na+]. The van der Waals surface area contributed by atoms with Crippen LogP contribution >= 0.6 is 0 Å². The molecule has 0 aliphatic rings. The number of aromatic carboxylic acids is 2. The third kappa shape index (κ3) is 7.36. The molecule has 4 rings (SSSR count). The van der Waals surface area contributed by atoms with Crippen molar-refractivity contribution in [3.63, 3.8) is 0 Å². The summed E-state index contributed by atoms with van der Waals surface area (Å²) < 4.78 is 13.5. The number of carboxylic acid groups (broad SMARTS) is 2. The van der Waals surface area contributed by atoms with Gasteiger partial charge in [0, 0.05) is 27.4 Å². The second-order valence-corrected chi connectivity index (χ2v) is 9.63. The number of hydrogen-bond acceptors (Lipinski definition) is 7. The Labute approximate surface area is 267 Å². The second kappa shape index (κ2) is 14.1. The fourth-order valence-corrected chi connectivity index (χ4v) is 4.91. The molecule has 0 spiro atoms. The van der Waals surface area contributed by atoms with Gasteiger partial charge in [-0.1, -0.05) is 53.6 Å². The standard InChI is InChI=1S/C28H24N2O5S.2Na/c1-17-8-12-19(13-9-17)29-25-22(27(31)32)16-23(36(35)21-6-4-3-5-7-21)24(28(33)34)26(25)30-20-14-10-18(2)11-15-20;;/h3-16,29-30H,1-2H3,(H,31,32)(H,33,34);;/q;2*+1/p-2. The van der Waals surface area contributed by atoms with E-state index >= 15 is 0 Å². The van der Waals surface area contributed by atoms with Crippen LogP contribution in [0, 0.1) is 13.8 Å². The van der Waals surface area contributed by atoms with Crippen molar-refractivity contribution < 1.29 is 83.1 Å². The summed E-state index contributed by atoms with van der Waals surface area (Å²) in [6.07, 6.45) is 0. The Kier molecular flexibility index (Phi) is 11.8. The summed E-state index contributed by atoms with van der Waals surface area (Å²) in [7, 11) is -2.02. The van der Waals surface area contributed by atoms with E-state index in [2.05, 4.69) is 10.6 Å². The quantitative estimate of drug-likeness (QED) is 0.239. The maximum absolute atomic E-state index is 13.5. The smallest absolute Gasteiger partial charge is 0.545 e. The number of benzene rings is 4. The second-order valence-electron chi connectivity index (χ2n) is 8.19. The molecule has 0 bridgehead atoms. The van der Waals surface area contributed by atoms with Crippen molar-refractivity contribution in [2.45, 2.75) is 23.6 Å². The molecule has 0 heterocycles. The van der Waals surface area contributed by atoms with Crippen LogP contribution in [0.1, 0.15) is 31.8 Å². The first-order valence-electron chi connectivity index (χ1n) is 11.0. The summed E-state index contributed by atoms with van der Waals surface area (Å²) in [6, 6.07) is 23.5. The van der Waals surface area contributed by atoms with Gasteiger partial charge in [-0.05, 0) is 56.3 Å². The summed E-state index contributed by atoms with van der Waals surface area (Å²) in [5, 5.41) is 30.8. The molecule has 10 heteroatoms. The topological polar surface area (TPSA) is 121 Å². The molecule has 0 saturated carbocycles. The molecule has 7 nitrogen and oxygen atoms in total. The average molecular weight is 545 g/mol. The first-order chi connectivity index (χ1) is 17.2. The van der Waals surface area contributed by atoms with E-state index in [0.29, 0.717) is 16.3 Å². The van der Waals surface area contributed by atoms with Crippen LogP contribution in [-0.4, -0.2) is 16.1 Å². The third-order valence-corrected chi connectivity index (χ3v) is 6.94. The number of hydrogen-bond donors (Lipinski definition) is 2. The van der Waals surface area contributed by atoms with E-state index < -0.39 is 28.3 Å². The van der Waals surface area contributed by atoms with Gasteiger partial charge >= 0.3 is 59.1 Å². The van der Waals surface area contributed by atoms with Crippen LogP contribution in [0.3, 0.4) is 0 Å². The molecule has 0 amide bonds. The number of carboxylic acids is 2. The Morgan fingerprint density at radius 3 is 1.61 bits per heavy atom. The largest absolute Gasteiger partial charge is 1.00 e. The summed E-state index contributed by atoms with van der Waals surface area (Å²) >= 11 is 0. The maximum Gasteiger partial charge on any atom is 1.00 e. The van der Waals surface area contributed by atoms with Crippen molar-refractivity contribution in [2.24, 2.45) is 0 Å². The molecule has 1 unspecified atom stereocenters. The Bertz CT molecular complexity index is 1460. The number of rotatable bonds is 8. The van der Waals surface area contributed by atoms with Crippen molar-refractivity contribution in [3.05, 3.63) is 107 Å². The van der Waals surface area contributed by atoms with Gasteiger partial charge in [-0.15, -0.1) is 0 Å². The summed E-state index contributed by atoms with van der Waals surface area (Å²) in [4.78, 5) is 24.8. The van der Waals surface area contributed by atoms with E-state index in [9.17, 15) is 24.0 Å². The Hall–Kier alpha value is -2.43. The van der Waals surface area contributed by atoms with Crippen LogP contribution < -0.4 is 80.0 Å². The van der Waals surface area contributed by atoms with Gasteiger partial charge in [0.2, 0.25) is 0 Å². The van der Waals surface area contributed by atoms with Gasteiger partial charge in [-0.2, -0.15) is 0 Å². The molecule has 0 saturated heterocycles. The average Bonchev–Trinajstić information content (AvgIpc) is 2.87. The maximum atomic E-state index is 13.5. The van der Waals surface area contributed by atoms with Gasteiger partial charge in [0.05, 0.1) is 39.0 Å². The van der Waals surface area contributed by atoms with E-state index in [1.165, 1.54) is 0 Å². The molecule has 4 aromatic rings. The van der Waals surface area contributed by atoms with Gasteiger partial charge in [-0.3, -0.25) is 0 Å². The Morgan fingerprint density at radius 2 is 1.16 bits per heavy atom. The van der Waals surface area contributed by atoms with Crippen molar-refractivity contribution in [1.29, 1.82) is 0 Å². The van der Waals surface area contributed by atoms with E-state index in [1.807, 2.05) is 38.1 Å². The van der Waals surface area contributed by atoms with Gasteiger partial charge in [0.1, 0.15) is 0 Å². The minimum absolute atomic E-state index is 0. The van der Waals surface area contributed by atoms with E-state index in [0.717, 1.165) is 17.2 Å². The number of anilines is 4. The zero-order chi connectivity index (χ0) is 25.8. The normalized spacial score (nSPS) is 10.9. The molecule has 0 aromatic heterocycles. The van der Waals surface area contributed by atoms with Crippen molar-refractivity contribution in [3.8, 4) is 0 Å². The van der Waals surface area contributed by atoms with Crippen LogP contribution in [0.2, 0.25) is 0 Å². The van der Waals surface area contributed by atoms with Crippen molar-refractivity contribution in [2.75, 3.05) is 10.6 Å². The minimum Gasteiger partial charge on any atom is -0.545 e. The van der Waals surface area contributed by atoms with Crippen LogP contribution in [0.15, 0.2) is 94.7 Å². The van der Waals surface area contributed by atoms with Gasteiger partial charge < -0.3 is 30.4 Å². The molecule has 1 atom stereocenters. The Morgan fingerprint density at radius 1 is 0.684 bits per heavy atom. The van der Waals surface area contributed by atoms with Gasteiger partial charge in [0.25, 0.3) is 0 Å². The van der Waals surface area contributed by atoms with Crippen LogP contribution in [0.25, 0.3) is 0 Å². The number of nitrogens with one attached hydrogen (secondary N) is 2. The van der Waals surface area contributed by atoms with Crippen LogP contribution in [0.4, 0.5) is 22.7 Å². The predicted molar refractivity (Wildman–Crippen MR) is 135 cm³/mol.